The number of aromatic nitrogens is 4. The number of carbonyl (C=O) groups excluding carboxylic acids is 2. The van der Waals surface area contributed by atoms with Crippen molar-refractivity contribution in [3.8, 4) is 5.88 Å². The van der Waals surface area contributed by atoms with Gasteiger partial charge in [-0.05, 0) is 40.0 Å². The van der Waals surface area contributed by atoms with Crippen LogP contribution in [0.15, 0.2) is 6.33 Å². The van der Waals surface area contributed by atoms with Crippen molar-refractivity contribution in [2.75, 3.05) is 32.7 Å². The van der Waals surface area contributed by atoms with Crippen LogP contribution in [0.4, 0.5) is 5.95 Å². The summed E-state index contributed by atoms with van der Waals surface area (Å²) in [6.45, 7) is 8.65. The van der Waals surface area contributed by atoms with Crippen LogP contribution in [-0.2, 0) is 37.4 Å². The van der Waals surface area contributed by atoms with Crippen LogP contribution in [0.25, 0.3) is 11.2 Å². The molecule has 1 unspecified atom stereocenters. The Bertz CT molecular complexity index is 1320. The summed E-state index contributed by atoms with van der Waals surface area (Å²) in [6, 6.07) is -1.13. The SMILES string of the molecule is CCOC(=O)COP(=O)(N[C@@H](CC(C)C)C(=O)OC(C)C)OC[C@H]1O[C@@H](n2cnc3c(OC)nc(N)nc32)[C@](C)(O)[C@@H]1O. The van der Waals surface area contributed by atoms with E-state index in [-0.39, 0.29) is 41.9 Å². The Hall–Kier alpha value is -2.92. The van der Waals surface area contributed by atoms with Gasteiger partial charge in [0.05, 0.1) is 32.8 Å². The van der Waals surface area contributed by atoms with E-state index in [1.165, 1.54) is 24.9 Å². The minimum Gasteiger partial charge on any atom is -0.479 e. The predicted molar refractivity (Wildman–Crippen MR) is 151 cm³/mol. The van der Waals surface area contributed by atoms with E-state index in [9.17, 15) is 24.4 Å². The third kappa shape index (κ3) is 8.38. The second kappa shape index (κ2) is 14.2. The maximum atomic E-state index is 13.9. The van der Waals surface area contributed by atoms with Crippen LogP contribution in [0.5, 0.6) is 5.88 Å². The van der Waals surface area contributed by atoms with Gasteiger partial charge in [0.2, 0.25) is 11.8 Å². The van der Waals surface area contributed by atoms with Crippen molar-refractivity contribution in [2.45, 2.75) is 84.1 Å². The fraction of sp³-hybridized carbons (Fsp3) is 0.720. The number of hydrogen-bond acceptors (Lipinski definition) is 15. The topological polar surface area (TPSA) is 229 Å². The number of carbonyl (C=O) groups is 2. The van der Waals surface area contributed by atoms with E-state index >= 15 is 0 Å². The molecule has 6 atom stereocenters. The molecule has 18 heteroatoms. The van der Waals surface area contributed by atoms with Crippen LogP contribution in [0, 0.1) is 5.92 Å². The lowest BCUT2D eigenvalue weighted by atomic mass is 9.96. The van der Waals surface area contributed by atoms with Gasteiger partial charge in [-0.25, -0.2) is 19.4 Å². The first-order chi connectivity index (χ1) is 20.1. The molecule has 242 valence electrons. The molecule has 5 N–H and O–H groups in total. The zero-order valence-electron chi connectivity index (χ0n) is 25.3. The van der Waals surface area contributed by atoms with Crippen molar-refractivity contribution in [2.24, 2.45) is 5.92 Å². The first-order valence-corrected chi connectivity index (χ1v) is 15.3. The highest BCUT2D eigenvalue weighted by Gasteiger charge is 2.54. The molecule has 3 rings (SSSR count). The van der Waals surface area contributed by atoms with Crippen molar-refractivity contribution in [3.63, 3.8) is 0 Å². The molecular weight excluding hydrogens is 591 g/mol. The van der Waals surface area contributed by atoms with Gasteiger partial charge in [-0.15, -0.1) is 0 Å². The van der Waals surface area contributed by atoms with Crippen molar-refractivity contribution in [3.05, 3.63) is 6.33 Å². The molecular formula is C25H41N6O11P. The smallest absolute Gasteiger partial charge is 0.406 e. The highest BCUT2D eigenvalue weighted by molar-refractivity contribution is 7.51. The molecule has 43 heavy (non-hydrogen) atoms. The lowest BCUT2D eigenvalue weighted by Crippen LogP contribution is -2.44. The van der Waals surface area contributed by atoms with E-state index < -0.39 is 69.1 Å². The summed E-state index contributed by atoms with van der Waals surface area (Å²) < 4.78 is 47.5. The number of nitrogen functional groups attached to an aromatic ring is 1. The summed E-state index contributed by atoms with van der Waals surface area (Å²) in [4.78, 5) is 37.2. The molecule has 0 saturated carbocycles. The number of nitrogens with two attached hydrogens (primary N) is 1. The number of esters is 2. The second-order valence-corrected chi connectivity index (χ2v) is 12.6. The number of aliphatic hydroxyl groups excluding tert-OH is 1. The third-order valence-electron chi connectivity index (χ3n) is 6.33. The number of methoxy groups -OCH3 is 1. The summed E-state index contributed by atoms with van der Waals surface area (Å²) in [5.74, 6) is -1.58. The Morgan fingerprint density at radius 1 is 1.26 bits per heavy atom. The van der Waals surface area contributed by atoms with Crippen molar-refractivity contribution < 1.29 is 52.4 Å². The number of nitrogens with one attached hydrogen (secondary N) is 1. The third-order valence-corrected chi connectivity index (χ3v) is 7.92. The zero-order chi connectivity index (χ0) is 32.1. The zero-order valence-corrected chi connectivity index (χ0v) is 26.1. The molecule has 1 fully saturated rings. The van der Waals surface area contributed by atoms with Gasteiger partial charge in [0.15, 0.2) is 24.0 Å². The Morgan fingerprint density at radius 2 is 1.95 bits per heavy atom. The average molecular weight is 633 g/mol. The highest BCUT2D eigenvalue weighted by atomic mass is 31.2. The summed E-state index contributed by atoms with van der Waals surface area (Å²) in [6.07, 6.45) is -3.06. The summed E-state index contributed by atoms with van der Waals surface area (Å²) in [7, 11) is -3.08. The summed E-state index contributed by atoms with van der Waals surface area (Å²) in [5.41, 5.74) is 4.26. The first-order valence-electron chi connectivity index (χ1n) is 13.7. The fourth-order valence-corrected chi connectivity index (χ4v) is 5.84. The quantitative estimate of drug-likeness (QED) is 0.159. The number of ether oxygens (including phenoxy) is 4. The number of imidazole rings is 1. The van der Waals surface area contributed by atoms with Gasteiger partial charge >= 0.3 is 19.7 Å². The molecule has 0 bridgehead atoms. The first kappa shape index (κ1) is 34.6. The number of anilines is 1. The van der Waals surface area contributed by atoms with Crippen LogP contribution in [0.3, 0.4) is 0 Å². The maximum absolute atomic E-state index is 13.9. The van der Waals surface area contributed by atoms with Gasteiger partial charge in [0.25, 0.3) is 0 Å². The van der Waals surface area contributed by atoms with Gasteiger partial charge in [-0.2, -0.15) is 9.97 Å². The molecule has 0 aliphatic carbocycles. The van der Waals surface area contributed by atoms with Crippen LogP contribution >= 0.6 is 7.75 Å². The van der Waals surface area contributed by atoms with Crippen LogP contribution in [0.1, 0.15) is 54.2 Å². The fourth-order valence-electron chi connectivity index (χ4n) is 4.40. The molecule has 1 aliphatic heterocycles. The van der Waals surface area contributed by atoms with Crippen LogP contribution in [0.2, 0.25) is 0 Å². The molecule has 1 saturated heterocycles. The monoisotopic (exact) mass is 632 g/mol. The standard InChI is InChI=1S/C25H41N6O11P/c1-8-38-17(32)11-40-43(36,30-15(9-13(2)3)22(34)41-14(4)5)39-10-16-19(33)25(6,35)23(42-16)31-12-27-18-20(31)28-24(26)29-21(18)37-7/h12-16,19,23,33,35H,8-11H2,1-7H3,(H,30,36)(H2,26,28,29)/t15-,16+,19+,23+,25+,43?/m0/s1. The molecule has 0 spiro atoms. The highest BCUT2D eigenvalue weighted by Crippen LogP contribution is 2.47. The van der Waals surface area contributed by atoms with Gasteiger partial charge < -0.3 is 34.9 Å². The van der Waals surface area contributed by atoms with Gasteiger partial charge in [-0.1, -0.05) is 13.8 Å². The number of fused-ring (bicyclic) bond motifs is 1. The molecule has 0 amide bonds. The number of nitrogens with zero attached hydrogens (tertiary/aromatic N) is 4. The number of hydrogen-bond donors (Lipinski definition) is 4. The lowest BCUT2D eigenvalue weighted by molar-refractivity contribution is -0.150. The van der Waals surface area contributed by atoms with E-state index in [2.05, 4.69) is 20.0 Å². The van der Waals surface area contributed by atoms with Crippen molar-refractivity contribution in [1.29, 1.82) is 0 Å². The van der Waals surface area contributed by atoms with E-state index in [1.807, 2.05) is 13.8 Å². The van der Waals surface area contributed by atoms with Crippen molar-refractivity contribution >= 4 is 36.8 Å². The maximum Gasteiger partial charge on any atom is 0.406 e. The van der Waals surface area contributed by atoms with E-state index in [0.717, 1.165) is 0 Å². The minimum atomic E-state index is -4.46. The molecule has 3 heterocycles. The normalized spacial score (nSPS) is 24.3. The van der Waals surface area contributed by atoms with Crippen LogP contribution < -0.4 is 15.6 Å². The molecule has 0 radical (unpaired) electrons. The van der Waals surface area contributed by atoms with Gasteiger partial charge in [-0.3, -0.25) is 18.4 Å². The average Bonchev–Trinajstić information content (AvgIpc) is 3.42. The van der Waals surface area contributed by atoms with E-state index in [4.69, 9.17) is 33.7 Å². The molecule has 2 aromatic rings. The van der Waals surface area contributed by atoms with Crippen molar-refractivity contribution in [1.82, 2.24) is 24.6 Å². The van der Waals surface area contributed by atoms with Gasteiger partial charge in [0, 0.05) is 0 Å². The molecule has 17 nitrogen and oxygen atoms in total. The Kier molecular flexibility index (Phi) is 11.4. The summed E-state index contributed by atoms with van der Waals surface area (Å²) >= 11 is 0. The second-order valence-electron chi connectivity index (χ2n) is 10.8. The molecule has 2 aromatic heterocycles. The lowest BCUT2D eigenvalue weighted by Gasteiger charge is -2.28. The Labute approximate surface area is 248 Å². The Morgan fingerprint density at radius 3 is 2.56 bits per heavy atom. The minimum absolute atomic E-state index is 0.0342. The van der Waals surface area contributed by atoms with Crippen LogP contribution in [-0.4, -0.2) is 98.6 Å². The number of rotatable bonds is 15. The molecule has 0 aromatic carbocycles. The number of aliphatic hydroxyl groups is 2. The predicted octanol–water partition coefficient (Wildman–Crippen LogP) is 1.09. The summed E-state index contributed by atoms with van der Waals surface area (Å²) in [5, 5.41) is 24.9. The molecule has 1 aliphatic rings. The Balaban J connectivity index is 1.86. The van der Waals surface area contributed by atoms with Gasteiger partial charge in [0.1, 0.15) is 23.9 Å². The van der Waals surface area contributed by atoms with E-state index in [1.54, 1.807) is 20.8 Å². The largest absolute Gasteiger partial charge is 0.479 e. The van der Waals surface area contributed by atoms with E-state index in [0.29, 0.717) is 0 Å².